The van der Waals surface area contributed by atoms with Crippen molar-refractivity contribution in [3.05, 3.63) is 125 Å². The largest absolute Gasteiger partial charge is 0.478 e. The zero-order valence-electron chi connectivity index (χ0n) is 20.1. The first-order valence-corrected chi connectivity index (χ1v) is 12.2. The summed E-state index contributed by atoms with van der Waals surface area (Å²) in [4.78, 5) is 16.5. The maximum Gasteiger partial charge on any atom is 0.336 e. The second-order valence-electron chi connectivity index (χ2n) is 8.97. The van der Waals surface area contributed by atoms with Crippen LogP contribution in [0.4, 0.5) is 0 Å². The smallest absolute Gasteiger partial charge is 0.336 e. The van der Waals surface area contributed by atoms with Crippen LogP contribution in [0.1, 0.15) is 52.3 Å². The van der Waals surface area contributed by atoms with Crippen LogP contribution < -0.4 is 0 Å². The molecule has 0 amide bonds. The fraction of sp³-hybridized carbons (Fsp3) is 0.161. The molecule has 0 aliphatic rings. The second-order valence-corrected chi connectivity index (χ2v) is 8.97. The van der Waals surface area contributed by atoms with E-state index in [0.29, 0.717) is 17.7 Å². The quantitative estimate of drug-likeness (QED) is 0.269. The number of carbonyl (C=O) groups is 1. The lowest BCUT2D eigenvalue weighted by atomic mass is 9.98. The number of rotatable bonds is 8. The van der Waals surface area contributed by atoms with Crippen molar-refractivity contribution in [2.24, 2.45) is 0 Å². The van der Waals surface area contributed by atoms with Crippen LogP contribution in [0.25, 0.3) is 22.2 Å². The average molecular weight is 477 g/mol. The Morgan fingerprint density at radius 2 is 1.61 bits per heavy atom. The van der Waals surface area contributed by atoms with E-state index in [-0.39, 0.29) is 0 Å². The van der Waals surface area contributed by atoms with Crippen molar-refractivity contribution in [1.82, 2.24) is 9.55 Å². The standard InChI is InChI=1S/C31H28N2O3/c1-2-8-29-32-27-18-17-24(30(34)23-9-4-3-5-10-23)19-28(27)33(29)20-21-13-15-22(16-14-21)25-11-6-7-12-26(25)31(35)36/h3-7,9-19,30,34H,2,8,20H2,1H3,(H,35,36). The molecular formula is C31H28N2O3. The van der Waals surface area contributed by atoms with E-state index in [4.69, 9.17) is 4.98 Å². The molecule has 1 unspecified atom stereocenters. The molecule has 0 aliphatic carbocycles. The third-order valence-corrected chi connectivity index (χ3v) is 6.52. The molecule has 2 N–H and O–H groups in total. The number of hydrogen-bond donors (Lipinski definition) is 2. The van der Waals surface area contributed by atoms with Gasteiger partial charge in [-0.1, -0.05) is 85.8 Å². The highest BCUT2D eigenvalue weighted by Crippen LogP contribution is 2.28. The first-order chi connectivity index (χ1) is 17.5. The minimum atomic E-state index is -0.933. The van der Waals surface area contributed by atoms with Crippen LogP contribution in [0.2, 0.25) is 0 Å². The Kier molecular flexibility index (Phi) is 6.65. The number of aromatic nitrogens is 2. The Labute approximate surface area is 210 Å². The van der Waals surface area contributed by atoms with Gasteiger partial charge in [0.05, 0.1) is 16.6 Å². The number of fused-ring (bicyclic) bond motifs is 1. The summed E-state index contributed by atoms with van der Waals surface area (Å²) < 4.78 is 2.22. The minimum absolute atomic E-state index is 0.292. The number of hydrogen-bond acceptors (Lipinski definition) is 3. The Hall–Kier alpha value is -4.22. The van der Waals surface area contributed by atoms with E-state index >= 15 is 0 Å². The molecule has 1 heterocycles. The van der Waals surface area contributed by atoms with Crippen LogP contribution in [0.5, 0.6) is 0 Å². The van der Waals surface area contributed by atoms with Crippen LogP contribution in [0, 0.1) is 0 Å². The first-order valence-electron chi connectivity index (χ1n) is 12.2. The third kappa shape index (κ3) is 4.66. The van der Waals surface area contributed by atoms with Crippen molar-refractivity contribution in [1.29, 1.82) is 0 Å². The maximum atomic E-state index is 11.6. The molecule has 0 aliphatic heterocycles. The van der Waals surface area contributed by atoms with Crippen molar-refractivity contribution in [2.75, 3.05) is 0 Å². The predicted molar refractivity (Wildman–Crippen MR) is 142 cm³/mol. The molecular weight excluding hydrogens is 448 g/mol. The van der Waals surface area contributed by atoms with Crippen molar-refractivity contribution >= 4 is 17.0 Å². The van der Waals surface area contributed by atoms with Crippen molar-refractivity contribution in [3.63, 3.8) is 0 Å². The molecule has 1 atom stereocenters. The summed E-state index contributed by atoms with van der Waals surface area (Å²) in [5, 5.41) is 20.5. The molecule has 36 heavy (non-hydrogen) atoms. The molecule has 0 fully saturated rings. The number of carboxylic acid groups (broad SMARTS) is 1. The van der Waals surface area contributed by atoms with E-state index in [9.17, 15) is 15.0 Å². The lowest BCUT2D eigenvalue weighted by Gasteiger charge is -2.14. The highest BCUT2D eigenvalue weighted by Gasteiger charge is 2.16. The molecule has 4 aromatic carbocycles. The molecule has 0 bridgehead atoms. The van der Waals surface area contributed by atoms with Gasteiger partial charge in [-0.3, -0.25) is 0 Å². The lowest BCUT2D eigenvalue weighted by Crippen LogP contribution is -2.06. The molecule has 5 nitrogen and oxygen atoms in total. The van der Waals surface area contributed by atoms with Crippen LogP contribution in [-0.2, 0) is 13.0 Å². The van der Waals surface area contributed by atoms with Gasteiger partial charge in [0.25, 0.3) is 0 Å². The summed E-state index contributed by atoms with van der Waals surface area (Å²) >= 11 is 0. The number of aromatic carboxylic acids is 1. The summed E-state index contributed by atoms with van der Waals surface area (Å²) in [6.45, 7) is 2.78. The second kappa shape index (κ2) is 10.2. The number of nitrogens with zero attached hydrogens (tertiary/aromatic N) is 2. The van der Waals surface area contributed by atoms with Gasteiger partial charge in [-0.2, -0.15) is 0 Å². The summed E-state index contributed by atoms with van der Waals surface area (Å²) in [7, 11) is 0. The summed E-state index contributed by atoms with van der Waals surface area (Å²) in [5.41, 5.74) is 6.55. The van der Waals surface area contributed by atoms with Crippen LogP contribution in [0.15, 0.2) is 97.1 Å². The lowest BCUT2D eigenvalue weighted by molar-refractivity contribution is 0.0697. The van der Waals surface area contributed by atoms with Gasteiger partial charge in [0.2, 0.25) is 0 Å². The minimum Gasteiger partial charge on any atom is -0.478 e. The third-order valence-electron chi connectivity index (χ3n) is 6.52. The average Bonchev–Trinajstić information content (AvgIpc) is 3.25. The molecule has 180 valence electrons. The van der Waals surface area contributed by atoms with Crippen molar-refractivity contribution in [3.8, 4) is 11.1 Å². The fourth-order valence-electron chi connectivity index (χ4n) is 4.67. The molecule has 0 spiro atoms. The molecule has 5 aromatic rings. The van der Waals surface area contributed by atoms with E-state index in [0.717, 1.165) is 52.0 Å². The van der Waals surface area contributed by atoms with E-state index in [1.807, 2.05) is 84.9 Å². The summed E-state index contributed by atoms with van der Waals surface area (Å²) in [6, 6.07) is 30.7. The van der Waals surface area contributed by atoms with Crippen LogP contribution in [-0.4, -0.2) is 25.7 Å². The maximum absolute atomic E-state index is 11.6. The zero-order valence-corrected chi connectivity index (χ0v) is 20.1. The van der Waals surface area contributed by atoms with E-state index in [2.05, 4.69) is 11.5 Å². The SMILES string of the molecule is CCCc1nc2ccc(C(O)c3ccccc3)cc2n1Cc1ccc(-c2ccccc2C(=O)O)cc1. The predicted octanol–water partition coefficient (Wildman–Crippen LogP) is 6.48. The normalized spacial score (nSPS) is 12.1. The Balaban J connectivity index is 1.50. The van der Waals surface area contributed by atoms with Gasteiger partial charge >= 0.3 is 5.97 Å². The van der Waals surface area contributed by atoms with Crippen molar-refractivity contribution < 1.29 is 15.0 Å². The highest BCUT2D eigenvalue weighted by atomic mass is 16.4. The Morgan fingerprint density at radius 1 is 0.889 bits per heavy atom. The molecule has 0 saturated carbocycles. The monoisotopic (exact) mass is 476 g/mol. The number of aryl methyl sites for hydroxylation is 1. The van der Waals surface area contributed by atoms with E-state index in [1.54, 1.807) is 12.1 Å². The fourth-order valence-corrected chi connectivity index (χ4v) is 4.67. The number of imidazole rings is 1. The summed E-state index contributed by atoms with van der Waals surface area (Å²) in [6.07, 6.45) is 1.13. The number of benzene rings is 4. The van der Waals surface area contributed by atoms with E-state index < -0.39 is 12.1 Å². The van der Waals surface area contributed by atoms with Crippen molar-refractivity contribution in [2.45, 2.75) is 32.4 Å². The Bertz CT molecular complexity index is 1500. The van der Waals surface area contributed by atoms with Gasteiger partial charge in [-0.05, 0) is 52.4 Å². The van der Waals surface area contributed by atoms with Crippen LogP contribution in [0.3, 0.4) is 0 Å². The molecule has 0 radical (unpaired) electrons. The van der Waals surface area contributed by atoms with Crippen LogP contribution >= 0.6 is 0 Å². The zero-order chi connectivity index (χ0) is 25.1. The molecule has 5 rings (SSSR count). The number of carboxylic acids is 1. The Morgan fingerprint density at radius 3 is 2.33 bits per heavy atom. The van der Waals surface area contributed by atoms with Gasteiger partial charge < -0.3 is 14.8 Å². The molecule has 5 heteroatoms. The van der Waals surface area contributed by atoms with Gasteiger partial charge in [0, 0.05) is 13.0 Å². The first kappa shape index (κ1) is 23.5. The summed E-state index contributed by atoms with van der Waals surface area (Å²) in [5.74, 6) is 0.0800. The van der Waals surface area contributed by atoms with Gasteiger partial charge in [-0.25, -0.2) is 9.78 Å². The number of aliphatic hydroxyl groups excluding tert-OH is 1. The van der Waals surface area contributed by atoms with E-state index in [1.165, 1.54) is 0 Å². The number of aliphatic hydroxyl groups is 1. The van der Waals surface area contributed by atoms with Gasteiger partial charge in [0.15, 0.2) is 0 Å². The molecule has 0 saturated heterocycles. The van der Waals surface area contributed by atoms with Gasteiger partial charge in [0.1, 0.15) is 11.9 Å². The molecule has 1 aromatic heterocycles. The topological polar surface area (TPSA) is 75.4 Å². The highest BCUT2D eigenvalue weighted by molar-refractivity contribution is 5.96. The van der Waals surface area contributed by atoms with Gasteiger partial charge in [-0.15, -0.1) is 0 Å².